The predicted octanol–water partition coefficient (Wildman–Crippen LogP) is 13.9. The second kappa shape index (κ2) is 11.5. The van der Waals surface area contributed by atoms with E-state index in [1.54, 1.807) is 0 Å². The molecule has 1 heteroatoms. The molecule has 0 radical (unpaired) electrons. The molecule has 1 aromatic heterocycles. The summed E-state index contributed by atoms with van der Waals surface area (Å²) in [6.45, 7) is 2.27. The van der Waals surface area contributed by atoms with E-state index in [4.69, 9.17) is 0 Å². The molecule has 0 bridgehead atoms. The SMILES string of the molecule is CCCCc1ccc2c(c1)sc1cccc(-c3ccc4cccc(-c5c6ccccc6c(-c6ccccc6)c6ccccc56)c4c3)c12. The fraction of sp³-hybridized carbons (Fsp3) is 0.0870. The molecule has 47 heavy (non-hydrogen) atoms. The van der Waals surface area contributed by atoms with Gasteiger partial charge in [-0.15, -0.1) is 11.3 Å². The Morgan fingerprint density at radius 1 is 0.447 bits per heavy atom. The molecule has 0 spiro atoms. The average molecular weight is 619 g/mol. The van der Waals surface area contributed by atoms with Crippen molar-refractivity contribution in [1.29, 1.82) is 0 Å². The van der Waals surface area contributed by atoms with Gasteiger partial charge < -0.3 is 0 Å². The third-order valence-corrected chi connectivity index (χ3v) is 11.0. The Balaban J connectivity index is 1.30. The van der Waals surface area contributed by atoms with Crippen LogP contribution in [0, 0.1) is 0 Å². The van der Waals surface area contributed by atoms with Crippen molar-refractivity contribution in [2.45, 2.75) is 26.2 Å². The zero-order valence-corrected chi connectivity index (χ0v) is 27.3. The molecule has 0 N–H and O–H groups in total. The van der Waals surface area contributed by atoms with Gasteiger partial charge in [0.2, 0.25) is 0 Å². The fourth-order valence-electron chi connectivity index (χ4n) is 7.64. The highest BCUT2D eigenvalue weighted by Crippen LogP contribution is 2.46. The van der Waals surface area contributed by atoms with Gasteiger partial charge in [0, 0.05) is 20.2 Å². The summed E-state index contributed by atoms with van der Waals surface area (Å²) in [5, 5.41) is 10.4. The smallest absolute Gasteiger partial charge is 0.0361 e. The average Bonchev–Trinajstić information content (AvgIpc) is 3.51. The van der Waals surface area contributed by atoms with Gasteiger partial charge in [-0.3, -0.25) is 0 Å². The maximum Gasteiger partial charge on any atom is 0.0361 e. The molecule has 0 aliphatic heterocycles. The van der Waals surface area contributed by atoms with Crippen LogP contribution in [0.3, 0.4) is 0 Å². The van der Waals surface area contributed by atoms with Gasteiger partial charge in [0.15, 0.2) is 0 Å². The van der Waals surface area contributed by atoms with E-state index in [-0.39, 0.29) is 0 Å². The number of thiophene rings is 1. The molecule has 224 valence electrons. The lowest BCUT2D eigenvalue weighted by Crippen LogP contribution is -1.91. The van der Waals surface area contributed by atoms with Crippen LogP contribution in [-0.2, 0) is 6.42 Å². The van der Waals surface area contributed by atoms with Crippen LogP contribution < -0.4 is 0 Å². The van der Waals surface area contributed by atoms with Crippen LogP contribution in [0.15, 0.2) is 152 Å². The number of fused-ring (bicyclic) bond motifs is 6. The normalized spacial score (nSPS) is 11.8. The monoisotopic (exact) mass is 618 g/mol. The molecule has 8 aromatic carbocycles. The van der Waals surface area contributed by atoms with E-state index in [9.17, 15) is 0 Å². The third kappa shape index (κ3) is 4.65. The van der Waals surface area contributed by atoms with Gasteiger partial charge in [-0.2, -0.15) is 0 Å². The van der Waals surface area contributed by atoms with E-state index in [2.05, 4.69) is 159 Å². The van der Waals surface area contributed by atoms with Gasteiger partial charge in [0.1, 0.15) is 0 Å². The van der Waals surface area contributed by atoms with Gasteiger partial charge in [0.25, 0.3) is 0 Å². The molecular formula is C46H34S. The van der Waals surface area contributed by atoms with Crippen molar-refractivity contribution in [2.75, 3.05) is 0 Å². The molecule has 0 aliphatic carbocycles. The number of rotatable bonds is 6. The highest BCUT2D eigenvalue weighted by atomic mass is 32.1. The second-order valence-electron chi connectivity index (χ2n) is 12.7. The van der Waals surface area contributed by atoms with E-state index in [1.165, 1.54) is 104 Å². The zero-order valence-electron chi connectivity index (χ0n) is 26.5. The van der Waals surface area contributed by atoms with Crippen molar-refractivity contribution in [2.24, 2.45) is 0 Å². The molecule has 0 aliphatic rings. The minimum absolute atomic E-state index is 1.15. The van der Waals surface area contributed by atoms with Gasteiger partial charge >= 0.3 is 0 Å². The Morgan fingerprint density at radius 3 is 1.87 bits per heavy atom. The number of unbranched alkanes of at least 4 members (excludes halogenated alkanes) is 1. The number of aryl methyl sites for hydroxylation is 1. The third-order valence-electron chi connectivity index (χ3n) is 9.84. The van der Waals surface area contributed by atoms with Crippen molar-refractivity contribution in [1.82, 2.24) is 0 Å². The highest BCUT2D eigenvalue weighted by molar-refractivity contribution is 7.26. The maximum atomic E-state index is 2.44. The molecule has 0 atom stereocenters. The minimum atomic E-state index is 1.15. The summed E-state index contributed by atoms with van der Waals surface area (Å²) in [6.07, 6.45) is 3.61. The number of hydrogen-bond donors (Lipinski definition) is 0. The van der Waals surface area contributed by atoms with Crippen LogP contribution in [-0.4, -0.2) is 0 Å². The molecule has 0 saturated heterocycles. The molecule has 0 nitrogen and oxygen atoms in total. The van der Waals surface area contributed by atoms with Gasteiger partial charge in [-0.05, 0) is 102 Å². The maximum absolute atomic E-state index is 2.44. The summed E-state index contributed by atoms with van der Waals surface area (Å²) in [4.78, 5) is 0. The Labute approximate surface area is 279 Å². The van der Waals surface area contributed by atoms with Crippen molar-refractivity contribution in [3.05, 3.63) is 157 Å². The molecule has 9 aromatic rings. The minimum Gasteiger partial charge on any atom is -0.135 e. The van der Waals surface area contributed by atoms with E-state index < -0.39 is 0 Å². The van der Waals surface area contributed by atoms with Crippen LogP contribution in [0.1, 0.15) is 25.3 Å². The summed E-state index contributed by atoms with van der Waals surface area (Å²) in [5.74, 6) is 0. The predicted molar refractivity (Wildman–Crippen MR) is 207 cm³/mol. The van der Waals surface area contributed by atoms with Crippen LogP contribution in [0.4, 0.5) is 0 Å². The topological polar surface area (TPSA) is 0 Å². The first-order valence-corrected chi connectivity index (χ1v) is 17.6. The lowest BCUT2D eigenvalue weighted by atomic mass is 9.84. The Hall–Kier alpha value is -5.24. The standard InChI is InChI=1S/C46H34S/c1-2-3-13-30-24-27-40-43(28-30)47-42-23-12-21-34(46(40)42)33-26-25-31-16-11-22-39(41(31)29-33)45-37-19-9-7-17-35(37)44(32-14-5-4-6-15-32)36-18-8-10-20-38(36)45/h4-12,14-29H,2-3,13H2,1H3. The molecule has 0 unspecified atom stereocenters. The summed E-state index contributed by atoms with van der Waals surface area (Å²) in [5.41, 5.74) is 9.15. The molecule has 0 saturated carbocycles. The van der Waals surface area contributed by atoms with E-state index >= 15 is 0 Å². The van der Waals surface area contributed by atoms with Crippen molar-refractivity contribution in [3.63, 3.8) is 0 Å². The van der Waals surface area contributed by atoms with Crippen LogP contribution in [0.25, 0.3) is 85.9 Å². The van der Waals surface area contributed by atoms with E-state index in [1.807, 2.05) is 11.3 Å². The Morgan fingerprint density at radius 2 is 1.13 bits per heavy atom. The first-order chi connectivity index (χ1) is 23.3. The molecule has 0 amide bonds. The summed E-state index contributed by atoms with van der Waals surface area (Å²) in [6, 6.07) is 56.6. The summed E-state index contributed by atoms with van der Waals surface area (Å²) < 4.78 is 2.74. The summed E-state index contributed by atoms with van der Waals surface area (Å²) in [7, 11) is 0. The van der Waals surface area contributed by atoms with Crippen molar-refractivity contribution < 1.29 is 0 Å². The largest absolute Gasteiger partial charge is 0.135 e. The van der Waals surface area contributed by atoms with Gasteiger partial charge in [0.05, 0.1) is 0 Å². The van der Waals surface area contributed by atoms with E-state index in [0.29, 0.717) is 0 Å². The first kappa shape index (κ1) is 28.0. The molecule has 1 heterocycles. The van der Waals surface area contributed by atoms with E-state index in [0.717, 1.165) is 6.42 Å². The fourth-order valence-corrected chi connectivity index (χ4v) is 8.84. The molecule has 0 fully saturated rings. The quantitative estimate of drug-likeness (QED) is 0.163. The number of benzene rings is 8. The lowest BCUT2D eigenvalue weighted by Gasteiger charge is -2.19. The Kier molecular flexibility index (Phi) is 6.87. The van der Waals surface area contributed by atoms with Crippen LogP contribution in [0.2, 0.25) is 0 Å². The first-order valence-electron chi connectivity index (χ1n) is 16.7. The molecule has 9 rings (SSSR count). The van der Waals surface area contributed by atoms with Crippen LogP contribution in [0.5, 0.6) is 0 Å². The lowest BCUT2D eigenvalue weighted by molar-refractivity contribution is 0.796. The second-order valence-corrected chi connectivity index (χ2v) is 13.7. The number of hydrogen-bond acceptors (Lipinski definition) is 1. The molecular weight excluding hydrogens is 585 g/mol. The highest BCUT2D eigenvalue weighted by Gasteiger charge is 2.18. The van der Waals surface area contributed by atoms with Crippen molar-refractivity contribution >= 4 is 63.8 Å². The van der Waals surface area contributed by atoms with Gasteiger partial charge in [-0.25, -0.2) is 0 Å². The zero-order chi connectivity index (χ0) is 31.3. The Bertz CT molecular complexity index is 2550. The van der Waals surface area contributed by atoms with Gasteiger partial charge in [-0.1, -0.05) is 147 Å². The van der Waals surface area contributed by atoms with Crippen molar-refractivity contribution in [3.8, 4) is 33.4 Å². The summed E-state index contributed by atoms with van der Waals surface area (Å²) >= 11 is 1.92. The van der Waals surface area contributed by atoms with Crippen LogP contribution >= 0.6 is 11.3 Å².